The number of rotatable bonds is 7. The largest absolute Gasteiger partial charge is 0.497 e. The van der Waals surface area contributed by atoms with Crippen LogP contribution in [0.2, 0.25) is 0 Å². The number of carbonyl (C=O) groups is 1. The second-order valence-corrected chi connectivity index (χ2v) is 9.12. The van der Waals surface area contributed by atoms with E-state index >= 15 is 0 Å². The van der Waals surface area contributed by atoms with Gasteiger partial charge in [0, 0.05) is 10.6 Å². The summed E-state index contributed by atoms with van der Waals surface area (Å²) in [6, 6.07) is 32.3. The number of para-hydroxylation sites is 1. The smallest absolute Gasteiger partial charge is 0.241 e. The van der Waals surface area contributed by atoms with Gasteiger partial charge in [-0.25, -0.2) is 0 Å². The van der Waals surface area contributed by atoms with Gasteiger partial charge < -0.3 is 9.64 Å². The summed E-state index contributed by atoms with van der Waals surface area (Å²) in [6.07, 6.45) is 4.88. The molecule has 0 unspecified atom stereocenters. The average molecular weight is 452 g/mol. The van der Waals surface area contributed by atoms with Gasteiger partial charge in [0.1, 0.15) is 11.2 Å². The second kappa shape index (κ2) is 9.08. The molecule has 164 valence electrons. The lowest BCUT2D eigenvalue weighted by Crippen LogP contribution is -2.66. The predicted molar refractivity (Wildman–Crippen MR) is 136 cm³/mol. The number of carbonyl (C=O) groups excluding carboxylic acids is 1. The quantitative estimate of drug-likeness (QED) is 0.287. The molecule has 33 heavy (non-hydrogen) atoms. The molecule has 5 rings (SSSR count). The Balaban J connectivity index is 1.64. The molecule has 1 amide bonds. The van der Waals surface area contributed by atoms with Crippen LogP contribution in [0.25, 0.3) is 6.08 Å². The van der Waals surface area contributed by atoms with Gasteiger partial charge in [-0.05, 0) is 59.3 Å². The summed E-state index contributed by atoms with van der Waals surface area (Å²) in [5.74, 6) is 0.898. The lowest BCUT2D eigenvalue weighted by atomic mass is 9.61. The van der Waals surface area contributed by atoms with Gasteiger partial charge in [-0.2, -0.15) is 0 Å². The summed E-state index contributed by atoms with van der Waals surface area (Å²) in [5, 5.41) is 2.07. The van der Waals surface area contributed by atoms with E-state index in [0.29, 0.717) is 6.42 Å². The Bertz CT molecular complexity index is 1230. The van der Waals surface area contributed by atoms with E-state index in [9.17, 15) is 4.79 Å². The van der Waals surface area contributed by atoms with Crippen molar-refractivity contribution in [3.05, 3.63) is 125 Å². The lowest BCUT2D eigenvalue weighted by molar-refractivity contribution is -0.133. The third kappa shape index (κ3) is 3.77. The van der Waals surface area contributed by atoms with Crippen molar-refractivity contribution in [1.29, 1.82) is 0 Å². The number of β-lactam (4-membered cyclic amide) rings is 1. The van der Waals surface area contributed by atoms with Crippen molar-refractivity contribution in [3.8, 4) is 5.75 Å². The average Bonchev–Trinajstić information content (AvgIpc) is 3.40. The SMILES string of the molecule is COc1ccc([C@]2(C/C=C/c3cccs3)C(=O)N(c3ccccc3)[C@@H]2c2ccccc2)cc1. The molecule has 1 fully saturated rings. The highest BCUT2D eigenvalue weighted by Gasteiger charge is 2.61. The first-order valence-corrected chi connectivity index (χ1v) is 11.9. The number of hydrogen-bond acceptors (Lipinski definition) is 3. The van der Waals surface area contributed by atoms with Crippen molar-refractivity contribution < 1.29 is 9.53 Å². The van der Waals surface area contributed by atoms with Gasteiger partial charge >= 0.3 is 0 Å². The van der Waals surface area contributed by atoms with Crippen LogP contribution in [0.4, 0.5) is 5.69 Å². The molecule has 4 aromatic rings. The van der Waals surface area contributed by atoms with Crippen LogP contribution in [0.5, 0.6) is 5.75 Å². The van der Waals surface area contributed by atoms with Crippen LogP contribution >= 0.6 is 11.3 Å². The summed E-state index contributed by atoms with van der Waals surface area (Å²) in [4.78, 5) is 17.2. The van der Waals surface area contributed by atoms with Gasteiger partial charge in [-0.3, -0.25) is 4.79 Å². The molecule has 0 N–H and O–H groups in total. The number of methoxy groups -OCH3 is 1. The highest BCUT2D eigenvalue weighted by atomic mass is 32.1. The maximum absolute atomic E-state index is 14.1. The van der Waals surface area contributed by atoms with E-state index < -0.39 is 5.41 Å². The Morgan fingerprint density at radius 1 is 0.909 bits per heavy atom. The van der Waals surface area contributed by atoms with E-state index in [2.05, 4.69) is 35.7 Å². The predicted octanol–water partition coefficient (Wildman–Crippen LogP) is 6.89. The number of hydrogen-bond donors (Lipinski definition) is 0. The van der Waals surface area contributed by atoms with Crippen LogP contribution in [0, 0.1) is 0 Å². The third-order valence-electron chi connectivity index (χ3n) is 6.35. The Morgan fingerprint density at radius 2 is 1.61 bits per heavy atom. The molecule has 2 atom stereocenters. The van der Waals surface area contributed by atoms with E-state index in [-0.39, 0.29) is 11.9 Å². The fourth-order valence-electron chi connectivity index (χ4n) is 4.76. The molecule has 1 saturated heterocycles. The minimum atomic E-state index is -0.697. The number of allylic oxidation sites excluding steroid dienone is 1. The molecule has 1 aliphatic rings. The van der Waals surface area contributed by atoms with Gasteiger partial charge in [0.15, 0.2) is 0 Å². The topological polar surface area (TPSA) is 29.5 Å². The van der Waals surface area contributed by atoms with Crippen molar-refractivity contribution in [1.82, 2.24) is 0 Å². The number of benzene rings is 3. The van der Waals surface area contributed by atoms with E-state index in [1.165, 1.54) is 4.88 Å². The van der Waals surface area contributed by atoms with E-state index in [1.807, 2.05) is 83.8 Å². The van der Waals surface area contributed by atoms with Gasteiger partial charge in [0.05, 0.1) is 13.2 Å². The molecule has 2 heterocycles. The zero-order chi connectivity index (χ0) is 22.7. The summed E-state index contributed by atoms with van der Waals surface area (Å²) >= 11 is 1.70. The van der Waals surface area contributed by atoms with Crippen LogP contribution < -0.4 is 9.64 Å². The third-order valence-corrected chi connectivity index (χ3v) is 7.18. The first-order chi connectivity index (χ1) is 16.2. The Hall–Kier alpha value is -3.63. The highest BCUT2D eigenvalue weighted by molar-refractivity contribution is 7.10. The number of anilines is 1. The molecule has 1 aliphatic heterocycles. The zero-order valence-corrected chi connectivity index (χ0v) is 19.2. The first-order valence-electron chi connectivity index (χ1n) is 11.0. The maximum atomic E-state index is 14.1. The zero-order valence-electron chi connectivity index (χ0n) is 18.4. The fourth-order valence-corrected chi connectivity index (χ4v) is 5.41. The van der Waals surface area contributed by atoms with E-state index in [0.717, 1.165) is 22.6 Å². The van der Waals surface area contributed by atoms with Crippen molar-refractivity contribution >= 4 is 29.0 Å². The van der Waals surface area contributed by atoms with Crippen molar-refractivity contribution in [2.75, 3.05) is 12.0 Å². The molecule has 0 radical (unpaired) electrons. The molecule has 0 bridgehead atoms. The molecule has 1 aromatic heterocycles. The minimum Gasteiger partial charge on any atom is -0.497 e. The molecule has 4 heteroatoms. The molecular weight excluding hydrogens is 426 g/mol. The monoisotopic (exact) mass is 451 g/mol. The molecule has 3 nitrogen and oxygen atoms in total. The normalized spacial score (nSPS) is 20.1. The summed E-state index contributed by atoms with van der Waals surface area (Å²) in [5.41, 5.74) is 2.35. The number of ether oxygens (including phenoxy) is 1. The fraction of sp³-hybridized carbons (Fsp3) is 0.138. The minimum absolute atomic E-state index is 0.114. The van der Waals surface area contributed by atoms with Gasteiger partial charge in [-0.1, -0.05) is 72.8 Å². The van der Waals surface area contributed by atoms with Crippen LogP contribution in [-0.4, -0.2) is 13.0 Å². The number of amides is 1. The van der Waals surface area contributed by atoms with Crippen LogP contribution in [0.15, 0.2) is 109 Å². The van der Waals surface area contributed by atoms with Gasteiger partial charge in [0.25, 0.3) is 0 Å². The number of thiophene rings is 1. The highest BCUT2D eigenvalue weighted by Crippen LogP contribution is 2.56. The molecule has 0 saturated carbocycles. The van der Waals surface area contributed by atoms with Crippen molar-refractivity contribution in [3.63, 3.8) is 0 Å². The van der Waals surface area contributed by atoms with Crippen LogP contribution in [0.1, 0.15) is 28.5 Å². The van der Waals surface area contributed by atoms with E-state index in [1.54, 1.807) is 18.4 Å². The summed E-state index contributed by atoms with van der Waals surface area (Å²) < 4.78 is 5.38. The number of nitrogens with zero attached hydrogens (tertiary/aromatic N) is 1. The molecule has 3 aromatic carbocycles. The summed E-state index contributed by atoms with van der Waals surface area (Å²) in [6.45, 7) is 0. The standard InChI is InChI=1S/C29H25NO2S/c1-32-25-18-16-23(17-19-25)29(20-8-14-26-15-9-21-33-26)27(22-10-4-2-5-11-22)30(28(29)31)24-12-6-3-7-13-24/h2-19,21,27H,20H2,1H3/b14-8+/t27-,29+/m1/s1. The Morgan fingerprint density at radius 3 is 2.24 bits per heavy atom. The lowest BCUT2D eigenvalue weighted by Gasteiger charge is -2.56. The molecular formula is C29H25NO2S. The van der Waals surface area contributed by atoms with E-state index in [4.69, 9.17) is 4.74 Å². The van der Waals surface area contributed by atoms with Crippen LogP contribution in [0.3, 0.4) is 0 Å². The van der Waals surface area contributed by atoms with Crippen molar-refractivity contribution in [2.24, 2.45) is 0 Å². The van der Waals surface area contributed by atoms with Gasteiger partial charge in [0.2, 0.25) is 5.91 Å². The maximum Gasteiger partial charge on any atom is 0.241 e. The van der Waals surface area contributed by atoms with Crippen molar-refractivity contribution in [2.45, 2.75) is 17.9 Å². The van der Waals surface area contributed by atoms with Crippen LogP contribution in [-0.2, 0) is 10.2 Å². The second-order valence-electron chi connectivity index (χ2n) is 8.15. The Labute approximate surface area is 198 Å². The molecule has 0 aliphatic carbocycles. The summed E-state index contributed by atoms with van der Waals surface area (Å²) in [7, 11) is 1.66. The molecule has 0 spiro atoms. The van der Waals surface area contributed by atoms with Gasteiger partial charge in [-0.15, -0.1) is 11.3 Å². The Kier molecular flexibility index (Phi) is 5.84. The first kappa shape index (κ1) is 21.2.